The Bertz CT molecular complexity index is 1160. The standard InChI is InChI=1S/C25H23BrN2O5S/c1-16(29)27-14-20-11-12-22(34-20)21(30)15-33-25(32)24(18-5-3-2-4-6-18)28-23(31)13-17-7-9-19(26)10-8-17/h2-12,24H,13-15H2,1H3,(H,27,29)(H,28,31). The van der Waals surface area contributed by atoms with Crippen LogP contribution in [0.25, 0.3) is 0 Å². The van der Waals surface area contributed by atoms with Crippen LogP contribution in [0.5, 0.6) is 0 Å². The number of ketones is 1. The molecule has 2 aromatic carbocycles. The molecule has 1 unspecified atom stereocenters. The van der Waals surface area contributed by atoms with Crippen LogP contribution in [0.15, 0.2) is 71.2 Å². The lowest BCUT2D eigenvalue weighted by Crippen LogP contribution is -2.36. The molecule has 3 aromatic rings. The molecule has 0 fully saturated rings. The number of nitrogens with one attached hydrogen (secondary N) is 2. The summed E-state index contributed by atoms with van der Waals surface area (Å²) in [6.07, 6.45) is 0.0924. The molecule has 0 aliphatic heterocycles. The van der Waals surface area contributed by atoms with Gasteiger partial charge in [0.05, 0.1) is 17.8 Å². The zero-order valence-corrected chi connectivity index (χ0v) is 20.8. The van der Waals surface area contributed by atoms with E-state index in [0.717, 1.165) is 14.9 Å². The number of halogens is 1. The van der Waals surface area contributed by atoms with E-state index in [1.54, 1.807) is 42.5 Å². The molecule has 1 atom stereocenters. The maximum atomic E-state index is 12.9. The van der Waals surface area contributed by atoms with Crippen molar-refractivity contribution >= 4 is 50.8 Å². The second-order valence-corrected chi connectivity index (χ2v) is 9.51. The number of benzene rings is 2. The van der Waals surface area contributed by atoms with Gasteiger partial charge in [0.15, 0.2) is 12.6 Å². The molecular formula is C25H23BrN2O5S. The first kappa shape index (κ1) is 25.3. The SMILES string of the molecule is CC(=O)NCc1ccc(C(=O)COC(=O)C(NC(=O)Cc2ccc(Br)cc2)c2ccccc2)s1. The molecule has 176 valence electrons. The lowest BCUT2D eigenvalue weighted by molar-refractivity contribution is -0.147. The number of carbonyl (C=O) groups excluding carboxylic acids is 4. The Hall–Kier alpha value is -3.30. The first-order valence-electron chi connectivity index (χ1n) is 10.4. The molecule has 0 spiro atoms. The van der Waals surface area contributed by atoms with Gasteiger partial charge in [-0.2, -0.15) is 0 Å². The Balaban J connectivity index is 1.62. The van der Waals surface area contributed by atoms with Crippen LogP contribution in [0.1, 0.15) is 38.6 Å². The van der Waals surface area contributed by atoms with Gasteiger partial charge in [-0.1, -0.05) is 58.4 Å². The zero-order chi connectivity index (χ0) is 24.5. The van der Waals surface area contributed by atoms with Gasteiger partial charge in [0, 0.05) is 16.3 Å². The van der Waals surface area contributed by atoms with Crippen molar-refractivity contribution in [3.63, 3.8) is 0 Å². The molecule has 0 saturated heterocycles. The molecule has 7 nitrogen and oxygen atoms in total. The van der Waals surface area contributed by atoms with Gasteiger partial charge in [0.2, 0.25) is 17.6 Å². The summed E-state index contributed by atoms with van der Waals surface area (Å²) in [7, 11) is 0. The summed E-state index contributed by atoms with van der Waals surface area (Å²) in [6, 6.07) is 18.4. The van der Waals surface area contributed by atoms with E-state index in [1.807, 2.05) is 24.3 Å². The van der Waals surface area contributed by atoms with Gasteiger partial charge in [0.25, 0.3) is 0 Å². The van der Waals surface area contributed by atoms with Crippen LogP contribution in [0, 0.1) is 0 Å². The van der Waals surface area contributed by atoms with Crippen molar-refractivity contribution in [2.75, 3.05) is 6.61 Å². The number of ether oxygens (including phenoxy) is 1. The van der Waals surface area contributed by atoms with Crippen LogP contribution >= 0.6 is 27.3 Å². The maximum absolute atomic E-state index is 12.9. The molecule has 0 aliphatic rings. The van der Waals surface area contributed by atoms with E-state index in [-0.39, 0.29) is 24.0 Å². The van der Waals surface area contributed by atoms with Gasteiger partial charge in [-0.3, -0.25) is 14.4 Å². The fraction of sp³-hybridized carbons (Fsp3) is 0.200. The third kappa shape index (κ3) is 7.64. The number of esters is 1. The van der Waals surface area contributed by atoms with E-state index in [1.165, 1.54) is 18.3 Å². The zero-order valence-electron chi connectivity index (χ0n) is 18.4. The average molecular weight is 543 g/mol. The van der Waals surface area contributed by atoms with Gasteiger partial charge in [-0.15, -0.1) is 11.3 Å². The molecule has 0 radical (unpaired) electrons. The maximum Gasteiger partial charge on any atom is 0.333 e. The number of Topliss-reactive ketones (excluding diaryl/α,β-unsaturated/α-hetero) is 1. The van der Waals surface area contributed by atoms with Crippen LogP contribution in [0.2, 0.25) is 0 Å². The molecule has 3 rings (SSSR count). The molecule has 0 saturated carbocycles. The largest absolute Gasteiger partial charge is 0.455 e. The summed E-state index contributed by atoms with van der Waals surface area (Å²) >= 11 is 4.58. The normalized spacial score (nSPS) is 11.4. The van der Waals surface area contributed by atoms with Crippen LogP contribution in [0.3, 0.4) is 0 Å². The van der Waals surface area contributed by atoms with E-state index in [9.17, 15) is 19.2 Å². The molecule has 1 aromatic heterocycles. The summed E-state index contributed by atoms with van der Waals surface area (Å²) in [4.78, 5) is 50.3. The number of amides is 2. The van der Waals surface area contributed by atoms with Crippen molar-refractivity contribution in [1.82, 2.24) is 10.6 Å². The van der Waals surface area contributed by atoms with Crippen molar-refractivity contribution in [2.45, 2.75) is 25.9 Å². The molecule has 34 heavy (non-hydrogen) atoms. The van der Waals surface area contributed by atoms with Gasteiger partial charge >= 0.3 is 5.97 Å². The van der Waals surface area contributed by atoms with E-state index < -0.39 is 18.6 Å². The van der Waals surface area contributed by atoms with Crippen molar-refractivity contribution in [1.29, 1.82) is 0 Å². The summed E-state index contributed by atoms with van der Waals surface area (Å²) in [5, 5.41) is 5.38. The van der Waals surface area contributed by atoms with Crippen LogP contribution < -0.4 is 10.6 Å². The Morgan fingerprint density at radius 1 is 0.971 bits per heavy atom. The number of rotatable bonds is 10. The van der Waals surface area contributed by atoms with Crippen molar-refractivity contribution < 1.29 is 23.9 Å². The average Bonchev–Trinajstić information content (AvgIpc) is 3.31. The van der Waals surface area contributed by atoms with E-state index >= 15 is 0 Å². The first-order chi connectivity index (χ1) is 16.3. The highest BCUT2D eigenvalue weighted by Gasteiger charge is 2.25. The number of hydrogen-bond donors (Lipinski definition) is 2. The number of hydrogen-bond acceptors (Lipinski definition) is 6. The molecular weight excluding hydrogens is 520 g/mol. The Morgan fingerprint density at radius 2 is 1.68 bits per heavy atom. The van der Waals surface area contributed by atoms with Crippen LogP contribution in [-0.2, 0) is 32.1 Å². The Labute approximate surface area is 209 Å². The predicted octanol–water partition coefficient (Wildman–Crippen LogP) is 3.97. The van der Waals surface area contributed by atoms with Crippen LogP contribution in [-0.4, -0.2) is 30.2 Å². The van der Waals surface area contributed by atoms with Crippen molar-refractivity contribution in [3.05, 3.63) is 92.1 Å². The summed E-state index contributed by atoms with van der Waals surface area (Å²) in [5.41, 5.74) is 1.35. The molecule has 0 bridgehead atoms. The number of thiophene rings is 1. The summed E-state index contributed by atoms with van der Waals surface area (Å²) in [5.74, 6) is -1.59. The molecule has 2 N–H and O–H groups in total. The first-order valence-corrected chi connectivity index (χ1v) is 12.0. The van der Waals surface area contributed by atoms with E-state index in [4.69, 9.17) is 4.74 Å². The van der Waals surface area contributed by atoms with E-state index in [0.29, 0.717) is 17.0 Å². The van der Waals surface area contributed by atoms with Crippen LogP contribution in [0.4, 0.5) is 0 Å². The highest BCUT2D eigenvalue weighted by Crippen LogP contribution is 2.19. The van der Waals surface area contributed by atoms with E-state index in [2.05, 4.69) is 26.6 Å². The minimum atomic E-state index is -1.05. The van der Waals surface area contributed by atoms with Crippen molar-refractivity contribution in [2.24, 2.45) is 0 Å². The molecule has 1 heterocycles. The summed E-state index contributed by atoms with van der Waals surface area (Å²) in [6.45, 7) is 1.29. The predicted molar refractivity (Wildman–Crippen MR) is 132 cm³/mol. The summed E-state index contributed by atoms with van der Waals surface area (Å²) < 4.78 is 6.18. The smallest absolute Gasteiger partial charge is 0.333 e. The lowest BCUT2D eigenvalue weighted by Gasteiger charge is -2.18. The Morgan fingerprint density at radius 3 is 2.35 bits per heavy atom. The fourth-order valence-electron chi connectivity index (χ4n) is 3.05. The second kappa shape index (κ2) is 12.2. The third-order valence-electron chi connectivity index (χ3n) is 4.75. The second-order valence-electron chi connectivity index (χ2n) is 7.42. The van der Waals surface area contributed by atoms with Gasteiger partial charge in [0.1, 0.15) is 0 Å². The van der Waals surface area contributed by atoms with Gasteiger partial charge < -0.3 is 15.4 Å². The highest BCUT2D eigenvalue weighted by atomic mass is 79.9. The Kier molecular flexibility index (Phi) is 9.12. The number of carbonyl (C=O) groups is 4. The monoisotopic (exact) mass is 542 g/mol. The fourth-order valence-corrected chi connectivity index (χ4v) is 4.19. The quantitative estimate of drug-likeness (QED) is 0.298. The minimum absolute atomic E-state index is 0.0924. The third-order valence-corrected chi connectivity index (χ3v) is 6.40. The van der Waals surface area contributed by atoms with Gasteiger partial charge in [-0.05, 0) is 35.4 Å². The van der Waals surface area contributed by atoms with Crippen molar-refractivity contribution in [3.8, 4) is 0 Å². The molecule has 0 aliphatic carbocycles. The molecule has 9 heteroatoms. The molecule has 2 amide bonds. The van der Waals surface area contributed by atoms with Gasteiger partial charge in [-0.25, -0.2) is 4.79 Å². The lowest BCUT2D eigenvalue weighted by atomic mass is 10.1. The highest BCUT2D eigenvalue weighted by molar-refractivity contribution is 9.10. The topological polar surface area (TPSA) is 102 Å². The minimum Gasteiger partial charge on any atom is -0.455 e.